The molecule has 2 rings (SSSR count). The van der Waals surface area contributed by atoms with Gasteiger partial charge in [-0.15, -0.1) is 0 Å². The van der Waals surface area contributed by atoms with Gasteiger partial charge in [-0.2, -0.15) is 0 Å². The van der Waals surface area contributed by atoms with Crippen LogP contribution in [0.5, 0.6) is 0 Å². The molecule has 0 bridgehead atoms. The quantitative estimate of drug-likeness (QED) is 0.739. The average molecular weight is 240 g/mol. The number of benzene rings is 1. The second kappa shape index (κ2) is 4.92. The van der Waals surface area contributed by atoms with E-state index in [-0.39, 0.29) is 5.56 Å². The van der Waals surface area contributed by atoms with Crippen molar-refractivity contribution in [3.63, 3.8) is 0 Å². The molecular weight excluding hydrogens is 226 g/mol. The van der Waals surface area contributed by atoms with Gasteiger partial charge in [0.05, 0.1) is 12.2 Å². The first-order valence-corrected chi connectivity index (χ1v) is 5.69. The minimum absolute atomic E-state index is 0.116. The Kier molecular flexibility index (Phi) is 3.52. The number of halogens is 2. The van der Waals surface area contributed by atoms with Gasteiger partial charge in [0, 0.05) is 6.07 Å². The van der Waals surface area contributed by atoms with Crippen LogP contribution in [0.3, 0.4) is 0 Å². The van der Waals surface area contributed by atoms with Gasteiger partial charge in [-0.25, -0.2) is 8.78 Å². The maximum atomic E-state index is 13.4. The zero-order valence-corrected chi connectivity index (χ0v) is 9.58. The molecule has 0 saturated heterocycles. The van der Waals surface area contributed by atoms with Crippen molar-refractivity contribution in [2.75, 3.05) is 6.61 Å². The SMILES string of the molecule is CC(OCC1CC1)C(=O)c1ccc(F)cc1F. The summed E-state index contributed by atoms with van der Waals surface area (Å²) in [6.07, 6.45) is 1.58. The summed E-state index contributed by atoms with van der Waals surface area (Å²) >= 11 is 0. The Morgan fingerprint density at radius 1 is 1.47 bits per heavy atom. The number of ether oxygens (including phenoxy) is 1. The molecular formula is C13H14F2O2. The van der Waals surface area contributed by atoms with Gasteiger partial charge >= 0.3 is 0 Å². The maximum Gasteiger partial charge on any atom is 0.194 e. The Morgan fingerprint density at radius 3 is 2.76 bits per heavy atom. The highest BCUT2D eigenvalue weighted by Crippen LogP contribution is 2.29. The number of rotatable bonds is 5. The largest absolute Gasteiger partial charge is 0.370 e. The highest BCUT2D eigenvalue weighted by Gasteiger charge is 2.25. The minimum Gasteiger partial charge on any atom is -0.370 e. The van der Waals surface area contributed by atoms with Gasteiger partial charge in [0.25, 0.3) is 0 Å². The van der Waals surface area contributed by atoms with Gasteiger partial charge in [-0.05, 0) is 37.8 Å². The first-order valence-electron chi connectivity index (χ1n) is 5.69. The number of Topliss-reactive ketones (excluding diaryl/α,β-unsaturated/α-hetero) is 1. The van der Waals surface area contributed by atoms with Gasteiger partial charge in [-0.3, -0.25) is 4.79 Å². The standard InChI is InChI=1S/C13H14F2O2/c1-8(17-7-9-2-3-9)13(16)11-5-4-10(14)6-12(11)15/h4-6,8-9H,2-3,7H2,1H3. The van der Waals surface area contributed by atoms with Gasteiger partial charge in [-0.1, -0.05) is 0 Å². The molecule has 0 N–H and O–H groups in total. The second-order valence-corrected chi connectivity index (χ2v) is 4.41. The van der Waals surface area contributed by atoms with E-state index in [0.29, 0.717) is 18.6 Å². The van der Waals surface area contributed by atoms with Crippen molar-refractivity contribution < 1.29 is 18.3 Å². The number of carbonyl (C=O) groups is 1. The molecule has 1 aliphatic rings. The van der Waals surface area contributed by atoms with Crippen molar-refractivity contribution in [2.24, 2.45) is 5.92 Å². The third-order valence-electron chi connectivity index (χ3n) is 2.84. The molecule has 0 heterocycles. The summed E-state index contributed by atoms with van der Waals surface area (Å²) in [5.41, 5.74) is -0.116. The summed E-state index contributed by atoms with van der Waals surface area (Å²) in [5.74, 6) is -1.42. The smallest absolute Gasteiger partial charge is 0.194 e. The van der Waals surface area contributed by atoms with Crippen LogP contribution in [0.4, 0.5) is 8.78 Å². The maximum absolute atomic E-state index is 13.4. The molecule has 0 amide bonds. The third-order valence-corrected chi connectivity index (χ3v) is 2.84. The third kappa shape index (κ3) is 3.09. The topological polar surface area (TPSA) is 26.3 Å². The summed E-state index contributed by atoms with van der Waals surface area (Å²) in [6, 6.07) is 2.94. The van der Waals surface area contributed by atoms with Crippen LogP contribution < -0.4 is 0 Å². The lowest BCUT2D eigenvalue weighted by molar-refractivity contribution is 0.0437. The van der Waals surface area contributed by atoms with Crippen LogP contribution in [0.15, 0.2) is 18.2 Å². The van der Waals surface area contributed by atoms with Crippen LogP contribution in [-0.4, -0.2) is 18.5 Å². The zero-order valence-electron chi connectivity index (χ0n) is 9.58. The number of hydrogen-bond acceptors (Lipinski definition) is 2. The molecule has 2 nitrogen and oxygen atoms in total. The van der Waals surface area contributed by atoms with Gasteiger partial charge < -0.3 is 4.74 Å². The fraction of sp³-hybridized carbons (Fsp3) is 0.462. The van der Waals surface area contributed by atoms with Crippen molar-refractivity contribution >= 4 is 5.78 Å². The molecule has 0 radical (unpaired) electrons. The molecule has 1 atom stereocenters. The zero-order chi connectivity index (χ0) is 12.4. The molecule has 1 aliphatic carbocycles. The van der Waals surface area contributed by atoms with Crippen molar-refractivity contribution in [1.29, 1.82) is 0 Å². The Labute approximate surface area is 98.6 Å². The molecule has 0 spiro atoms. The molecule has 17 heavy (non-hydrogen) atoms. The van der Waals surface area contributed by atoms with Crippen molar-refractivity contribution in [3.05, 3.63) is 35.4 Å². The molecule has 0 aromatic heterocycles. The molecule has 92 valence electrons. The van der Waals surface area contributed by atoms with Gasteiger partial charge in [0.1, 0.15) is 17.7 Å². The molecule has 4 heteroatoms. The summed E-state index contributed by atoms with van der Waals surface area (Å²) in [7, 11) is 0. The molecule has 1 aromatic carbocycles. The van der Waals surface area contributed by atoms with Crippen molar-refractivity contribution in [3.8, 4) is 0 Å². The fourth-order valence-corrected chi connectivity index (χ4v) is 1.55. The van der Waals surface area contributed by atoms with E-state index in [4.69, 9.17) is 4.74 Å². The van der Waals surface area contributed by atoms with E-state index in [1.165, 1.54) is 0 Å². The van der Waals surface area contributed by atoms with Crippen molar-refractivity contribution in [2.45, 2.75) is 25.9 Å². The summed E-state index contributed by atoms with van der Waals surface area (Å²) in [6.45, 7) is 2.13. The predicted molar refractivity (Wildman–Crippen MR) is 58.8 cm³/mol. The van der Waals surface area contributed by atoms with Gasteiger partial charge in [0.2, 0.25) is 0 Å². The fourth-order valence-electron chi connectivity index (χ4n) is 1.55. The average Bonchev–Trinajstić information content (AvgIpc) is 3.09. The number of hydrogen-bond donors (Lipinski definition) is 0. The lowest BCUT2D eigenvalue weighted by Gasteiger charge is -2.12. The van der Waals surface area contributed by atoms with Crippen LogP contribution in [0.25, 0.3) is 0 Å². The van der Waals surface area contributed by atoms with E-state index in [2.05, 4.69) is 0 Å². The number of carbonyl (C=O) groups excluding carboxylic acids is 1. The summed E-state index contributed by atoms with van der Waals surface area (Å²) < 4.78 is 31.4. The summed E-state index contributed by atoms with van der Waals surface area (Å²) in [4.78, 5) is 11.8. The van der Waals surface area contributed by atoms with E-state index in [9.17, 15) is 13.6 Å². The first-order chi connectivity index (χ1) is 8.08. The van der Waals surface area contributed by atoms with Crippen LogP contribution in [0.2, 0.25) is 0 Å². The van der Waals surface area contributed by atoms with E-state index in [1.807, 2.05) is 0 Å². The Bertz CT molecular complexity index is 427. The molecule has 1 fully saturated rings. The minimum atomic E-state index is -0.836. The lowest BCUT2D eigenvalue weighted by atomic mass is 10.1. The number of ketones is 1. The normalized spacial score (nSPS) is 16.9. The van der Waals surface area contributed by atoms with E-state index in [1.54, 1.807) is 6.92 Å². The highest BCUT2D eigenvalue weighted by molar-refractivity contribution is 5.99. The van der Waals surface area contributed by atoms with Crippen LogP contribution in [0, 0.1) is 17.6 Å². The van der Waals surface area contributed by atoms with E-state index in [0.717, 1.165) is 25.0 Å². The van der Waals surface area contributed by atoms with Crippen LogP contribution >= 0.6 is 0 Å². The molecule has 1 unspecified atom stereocenters. The Hall–Kier alpha value is -1.29. The predicted octanol–water partition coefficient (Wildman–Crippen LogP) is 2.96. The van der Waals surface area contributed by atoms with Gasteiger partial charge in [0.15, 0.2) is 5.78 Å². The van der Waals surface area contributed by atoms with E-state index < -0.39 is 23.5 Å². The molecule has 0 aliphatic heterocycles. The lowest BCUT2D eigenvalue weighted by Crippen LogP contribution is -2.23. The second-order valence-electron chi connectivity index (χ2n) is 4.41. The van der Waals surface area contributed by atoms with Crippen LogP contribution in [0.1, 0.15) is 30.1 Å². The molecule has 1 aromatic rings. The Balaban J connectivity index is 2.01. The van der Waals surface area contributed by atoms with E-state index >= 15 is 0 Å². The van der Waals surface area contributed by atoms with Crippen LogP contribution in [-0.2, 0) is 4.74 Å². The molecule has 1 saturated carbocycles. The first kappa shape index (κ1) is 12.2. The van der Waals surface area contributed by atoms with Crippen molar-refractivity contribution in [1.82, 2.24) is 0 Å². The Morgan fingerprint density at radius 2 is 2.18 bits per heavy atom. The highest BCUT2D eigenvalue weighted by atomic mass is 19.1. The monoisotopic (exact) mass is 240 g/mol. The summed E-state index contributed by atoms with van der Waals surface area (Å²) in [5, 5.41) is 0.